The molecule has 0 aliphatic rings. The van der Waals surface area contributed by atoms with Crippen LogP contribution in [0.15, 0.2) is 18.2 Å². The van der Waals surface area contributed by atoms with Gasteiger partial charge in [0.2, 0.25) is 0 Å². The molecule has 1 rings (SSSR count). The molecule has 0 fully saturated rings. The number of rotatable bonds is 4. The Balaban J connectivity index is 2.76. The van der Waals surface area contributed by atoms with Crippen LogP contribution < -0.4 is 4.74 Å². The van der Waals surface area contributed by atoms with E-state index < -0.39 is 18.8 Å². The highest BCUT2D eigenvalue weighted by Crippen LogP contribution is 2.19. The second kappa shape index (κ2) is 6.81. The zero-order chi connectivity index (χ0) is 12.7. The van der Waals surface area contributed by atoms with E-state index >= 15 is 0 Å². The van der Waals surface area contributed by atoms with Crippen molar-refractivity contribution in [1.82, 2.24) is 0 Å². The van der Waals surface area contributed by atoms with E-state index in [0.717, 1.165) is 6.07 Å². The van der Waals surface area contributed by atoms with Gasteiger partial charge < -0.3 is 9.84 Å². The van der Waals surface area contributed by atoms with Gasteiger partial charge in [-0.3, -0.25) is 0 Å². The predicted molar refractivity (Wildman–Crippen MR) is 56.5 cm³/mol. The largest absolute Gasteiger partial charge is 0.485 e. The van der Waals surface area contributed by atoms with Gasteiger partial charge in [0.15, 0.2) is 11.6 Å². The van der Waals surface area contributed by atoms with Crippen LogP contribution in [0.5, 0.6) is 5.75 Å². The molecule has 92 valence electrons. The van der Waals surface area contributed by atoms with E-state index in [1.807, 2.05) is 0 Å². The molecule has 17 heavy (non-hydrogen) atoms. The van der Waals surface area contributed by atoms with E-state index in [0.29, 0.717) is 12.0 Å². The van der Waals surface area contributed by atoms with Gasteiger partial charge in [0, 0.05) is 12.0 Å². The van der Waals surface area contributed by atoms with E-state index in [2.05, 4.69) is 16.6 Å². The van der Waals surface area contributed by atoms with Gasteiger partial charge in [0.05, 0.1) is 6.61 Å². The van der Waals surface area contributed by atoms with Gasteiger partial charge in [0.25, 0.3) is 6.43 Å². The maximum absolute atomic E-state index is 13.2. The van der Waals surface area contributed by atoms with Gasteiger partial charge in [-0.25, -0.2) is 13.2 Å². The number of benzene rings is 1. The van der Waals surface area contributed by atoms with Crippen LogP contribution >= 0.6 is 0 Å². The minimum atomic E-state index is -2.65. The predicted octanol–water partition coefficient (Wildman–Crippen LogP) is 2.20. The van der Waals surface area contributed by atoms with Crippen LogP contribution in [0.3, 0.4) is 0 Å². The molecule has 0 saturated carbocycles. The Bertz CT molecular complexity index is 421. The van der Waals surface area contributed by atoms with Crippen molar-refractivity contribution in [1.29, 1.82) is 0 Å². The minimum Gasteiger partial charge on any atom is -0.485 e. The first kappa shape index (κ1) is 13.4. The second-order valence-corrected chi connectivity index (χ2v) is 3.12. The summed E-state index contributed by atoms with van der Waals surface area (Å²) in [4.78, 5) is 0. The van der Waals surface area contributed by atoms with Gasteiger partial charge >= 0.3 is 0 Å². The molecule has 0 spiro atoms. The normalized spacial score (nSPS) is 9.94. The molecule has 0 amide bonds. The molecule has 0 aromatic heterocycles. The third-order valence-electron chi connectivity index (χ3n) is 1.77. The lowest BCUT2D eigenvalue weighted by atomic mass is 10.2. The summed E-state index contributed by atoms with van der Waals surface area (Å²) in [5.41, 5.74) is 0.448. The van der Waals surface area contributed by atoms with Crippen molar-refractivity contribution < 1.29 is 23.0 Å². The minimum absolute atomic E-state index is 0.0665. The molecule has 0 bridgehead atoms. The van der Waals surface area contributed by atoms with Crippen molar-refractivity contribution in [3.63, 3.8) is 0 Å². The molecule has 2 nitrogen and oxygen atoms in total. The maximum Gasteiger partial charge on any atom is 0.272 e. The Morgan fingerprint density at radius 1 is 1.35 bits per heavy atom. The van der Waals surface area contributed by atoms with E-state index in [4.69, 9.17) is 5.11 Å². The SMILES string of the molecule is OCCC#Cc1ccc(F)c(OCC(F)F)c1. The van der Waals surface area contributed by atoms with Crippen LogP contribution in [0.4, 0.5) is 13.2 Å². The Morgan fingerprint density at radius 2 is 2.12 bits per heavy atom. The fraction of sp³-hybridized carbons (Fsp3) is 0.333. The standard InChI is InChI=1S/C12H11F3O2/c13-10-5-4-9(3-1-2-6-16)7-11(10)17-8-12(14)15/h4-5,7,12,16H,2,6,8H2. The maximum atomic E-state index is 13.2. The van der Waals surface area contributed by atoms with Gasteiger partial charge in [-0.15, -0.1) is 0 Å². The first-order valence-corrected chi connectivity index (χ1v) is 4.93. The number of halogens is 3. The summed E-state index contributed by atoms with van der Waals surface area (Å²) >= 11 is 0. The lowest BCUT2D eigenvalue weighted by molar-refractivity contribution is 0.0799. The summed E-state index contributed by atoms with van der Waals surface area (Å²) < 4.78 is 41.5. The summed E-state index contributed by atoms with van der Waals surface area (Å²) in [5.74, 6) is 4.33. The zero-order valence-electron chi connectivity index (χ0n) is 8.92. The van der Waals surface area contributed by atoms with E-state index in [-0.39, 0.29) is 12.4 Å². The summed E-state index contributed by atoms with van der Waals surface area (Å²) in [6.07, 6.45) is -2.36. The molecule has 0 atom stereocenters. The molecule has 5 heteroatoms. The number of hydrogen-bond acceptors (Lipinski definition) is 2. The lowest BCUT2D eigenvalue weighted by Crippen LogP contribution is -2.08. The third kappa shape index (κ3) is 4.79. The van der Waals surface area contributed by atoms with E-state index in [9.17, 15) is 13.2 Å². The Labute approximate surface area is 97.0 Å². The summed E-state index contributed by atoms with van der Waals surface area (Å²) in [7, 11) is 0. The number of ether oxygens (including phenoxy) is 1. The van der Waals surface area contributed by atoms with Crippen molar-refractivity contribution in [2.75, 3.05) is 13.2 Å². The van der Waals surface area contributed by atoms with Gasteiger partial charge in [-0.1, -0.05) is 11.8 Å². The topological polar surface area (TPSA) is 29.5 Å². The Morgan fingerprint density at radius 3 is 2.76 bits per heavy atom. The second-order valence-electron chi connectivity index (χ2n) is 3.12. The van der Waals surface area contributed by atoms with Gasteiger partial charge in [-0.05, 0) is 18.2 Å². The van der Waals surface area contributed by atoms with Crippen LogP contribution in [0, 0.1) is 17.7 Å². The van der Waals surface area contributed by atoms with Crippen molar-refractivity contribution >= 4 is 0 Å². The highest BCUT2D eigenvalue weighted by Gasteiger charge is 2.08. The number of aliphatic hydroxyl groups is 1. The molecule has 0 saturated heterocycles. The molecule has 0 aliphatic carbocycles. The van der Waals surface area contributed by atoms with Crippen molar-refractivity contribution in [3.8, 4) is 17.6 Å². The van der Waals surface area contributed by atoms with Crippen LogP contribution in [0.2, 0.25) is 0 Å². The zero-order valence-corrected chi connectivity index (χ0v) is 8.92. The number of aliphatic hydroxyl groups excluding tert-OH is 1. The van der Waals surface area contributed by atoms with Crippen molar-refractivity contribution in [3.05, 3.63) is 29.6 Å². The smallest absolute Gasteiger partial charge is 0.272 e. The fourth-order valence-corrected chi connectivity index (χ4v) is 1.06. The fourth-order valence-electron chi connectivity index (χ4n) is 1.06. The first-order valence-electron chi connectivity index (χ1n) is 4.93. The summed E-state index contributed by atoms with van der Waals surface area (Å²) in [5, 5.41) is 8.52. The quantitative estimate of drug-likeness (QED) is 0.823. The van der Waals surface area contributed by atoms with Gasteiger partial charge in [-0.2, -0.15) is 0 Å². The molecule has 0 heterocycles. The van der Waals surface area contributed by atoms with Crippen LogP contribution in [-0.2, 0) is 0 Å². The van der Waals surface area contributed by atoms with Crippen LogP contribution in [0.25, 0.3) is 0 Å². The van der Waals surface area contributed by atoms with Crippen molar-refractivity contribution in [2.24, 2.45) is 0 Å². The number of hydrogen-bond donors (Lipinski definition) is 1. The molecular weight excluding hydrogens is 233 g/mol. The average Bonchev–Trinajstić information content (AvgIpc) is 2.29. The van der Waals surface area contributed by atoms with Gasteiger partial charge in [0.1, 0.15) is 6.61 Å². The monoisotopic (exact) mass is 244 g/mol. The lowest BCUT2D eigenvalue weighted by Gasteiger charge is -2.06. The van der Waals surface area contributed by atoms with Crippen LogP contribution in [-0.4, -0.2) is 24.7 Å². The highest BCUT2D eigenvalue weighted by atomic mass is 19.3. The molecule has 1 aromatic carbocycles. The highest BCUT2D eigenvalue weighted by molar-refractivity contribution is 5.40. The van der Waals surface area contributed by atoms with E-state index in [1.165, 1.54) is 12.1 Å². The summed E-state index contributed by atoms with van der Waals surface area (Å²) in [6.45, 7) is -0.923. The molecule has 0 unspecified atom stereocenters. The Hall–Kier alpha value is -1.67. The first-order chi connectivity index (χ1) is 8.13. The molecule has 1 N–H and O–H groups in total. The number of alkyl halides is 2. The van der Waals surface area contributed by atoms with E-state index in [1.54, 1.807) is 0 Å². The third-order valence-corrected chi connectivity index (χ3v) is 1.77. The van der Waals surface area contributed by atoms with Crippen molar-refractivity contribution in [2.45, 2.75) is 12.8 Å². The Kier molecular flexibility index (Phi) is 5.37. The molecule has 0 radical (unpaired) electrons. The molecule has 0 aliphatic heterocycles. The average molecular weight is 244 g/mol. The molecular formula is C12H11F3O2. The summed E-state index contributed by atoms with van der Waals surface area (Å²) in [6, 6.07) is 3.76. The van der Waals surface area contributed by atoms with Crippen LogP contribution in [0.1, 0.15) is 12.0 Å². The molecule has 1 aromatic rings.